The van der Waals surface area contributed by atoms with E-state index in [0.29, 0.717) is 34.6 Å². The van der Waals surface area contributed by atoms with Gasteiger partial charge in [-0.05, 0) is 90.9 Å². The van der Waals surface area contributed by atoms with Gasteiger partial charge in [-0.2, -0.15) is 11.8 Å². The molecule has 0 saturated heterocycles. The molecule has 2 N–H and O–H groups in total. The number of nitrogens with one attached hydrogen (secondary N) is 1. The number of carbonyl (C=O) groups is 2. The lowest BCUT2D eigenvalue weighted by Gasteiger charge is -2.25. The average Bonchev–Trinajstić information content (AvgIpc) is 2.98. The van der Waals surface area contributed by atoms with Crippen molar-refractivity contribution in [1.29, 1.82) is 0 Å². The number of carbonyl (C=O) groups excluding carboxylic acids is 1. The minimum atomic E-state index is -3.93. The third kappa shape index (κ3) is 7.21. The van der Waals surface area contributed by atoms with Crippen LogP contribution in [0.1, 0.15) is 33.5 Å². The molecule has 0 aliphatic heterocycles. The zero-order valence-electron chi connectivity index (χ0n) is 23.8. The second-order valence-electron chi connectivity index (χ2n) is 10.0. The molecule has 0 unspecified atom stereocenters. The van der Waals surface area contributed by atoms with Crippen LogP contribution in [0.25, 0.3) is 11.1 Å². The van der Waals surface area contributed by atoms with E-state index in [2.05, 4.69) is 5.32 Å². The van der Waals surface area contributed by atoms with Crippen molar-refractivity contribution in [2.45, 2.75) is 37.8 Å². The van der Waals surface area contributed by atoms with Gasteiger partial charge < -0.3 is 10.4 Å². The molecule has 42 heavy (non-hydrogen) atoms. The molecule has 0 radical (unpaired) electrons. The van der Waals surface area contributed by atoms with Crippen molar-refractivity contribution in [3.8, 4) is 11.1 Å². The summed E-state index contributed by atoms with van der Waals surface area (Å²) in [6.07, 6.45) is 2.18. The Morgan fingerprint density at radius 2 is 1.55 bits per heavy atom. The highest BCUT2D eigenvalue weighted by atomic mass is 32.2. The Labute approximate surface area is 251 Å². The van der Waals surface area contributed by atoms with Crippen LogP contribution in [-0.2, 0) is 21.4 Å². The van der Waals surface area contributed by atoms with Crippen LogP contribution >= 0.6 is 11.8 Å². The highest BCUT2D eigenvalue weighted by Gasteiger charge is 2.27. The quantitative estimate of drug-likeness (QED) is 0.197. The molecule has 4 aromatic rings. The summed E-state index contributed by atoms with van der Waals surface area (Å²) in [5, 5.41) is 12.4. The predicted molar refractivity (Wildman–Crippen MR) is 169 cm³/mol. The van der Waals surface area contributed by atoms with Crippen LogP contribution in [0.2, 0.25) is 0 Å². The molecular formula is C33H34N2O5S2. The maximum Gasteiger partial charge on any atom is 0.326 e. The number of carboxylic acids is 1. The molecule has 0 spiro atoms. The van der Waals surface area contributed by atoms with E-state index in [9.17, 15) is 23.1 Å². The highest BCUT2D eigenvalue weighted by Crippen LogP contribution is 2.31. The third-order valence-corrected chi connectivity index (χ3v) is 9.39. The van der Waals surface area contributed by atoms with E-state index in [1.165, 1.54) is 16.1 Å². The minimum Gasteiger partial charge on any atom is -0.480 e. The van der Waals surface area contributed by atoms with Crippen molar-refractivity contribution >= 4 is 39.3 Å². The molecule has 0 aromatic heterocycles. The van der Waals surface area contributed by atoms with Gasteiger partial charge in [-0.25, -0.2) is 13.2 Å². The van der Waals surface area contributed by atoms with Crippen LogP contribution < -0.4 is 9.62 Å². The summed E-state index contributed by atoms with van der Waals surface area (Å²) in [6, 6.07) is 27.4. The van der Waals surface area contributed by atoms with Gasteiger partial charge in [0.05, 0.1) is 17.1 Å². The van der Waals surface area contributed by atoms with Crippen LogP contribution in [0.4, 0.5) is 5.69 Å². The van der Waals surface area contributed by atoms with Gasteiger partial charge in [-0.1, -0.05) is 66.2 Å². The largest absolute Gasteiger partial charge is 0.480 e. The standard InChI is InChI=1S/C33H34N2O5S2/c1-23-13-16-27(17-14-23)42(39,40)35(26-10-5-4-6-11-26)22-25-15-18-29(30(21-25)28-12-8-7-9-24(28)2)32(36)34-31(33(37)38)19-20-41-3/h4-18,21,31H,19-20,22H2,1-3H3,(H,34,36)(H,37,38)/t31-/m0/s1. The smallest absolute Gasteiger partial charge is 0.326 e. The van der Waals surface area contributed by atoms with Crippen LogP contribution in [0.5, 0.6) is 0 Å². The zero-order valence-corrected chi connectivity index (χ0v) is 25.4. The summed E-state index contributed by atoms with van der Waals surface area (Å²) < 4.78 is 29.2. The van der Waals surface area contributed by atoms with E-state index >= 15 is 0 Å². The first-order chi connectivity index (χ1) is 20.1. The maximum atomic E-state index is 13.9. The number of benzene rings is 4. The Hall–Kier alpha value is -4.08. The van der Waals surface area contributed by atoms with Crippen molar-refractivity contribution in [1.82, 2.24) is 5.32 Å². The minimum absolute atomic E-state index is 0.0203. The van der Waals surface area contributed by atoms with Gasteiger partial charge in [0.2, 0.25) is 0 Å². The fraction of sp³-hybridized carbons (Fsp3) is 0.212. The zero-order chi connectivity index (χ0) is 30.3. The van der Waals surface area contributed by atoms with Gasteiger partial charge in [0.25, 0.3) is 15.9 Å². The van der Waals surface area contributed by atoms with Crippen molar-refractivity contribution in [2.24, 2.45) is 0 Å². The van der Waals surface area contributed by atoms with E-state index in [4.69, 9.17) is 0 Å². The Morgan fingerprint density at radius 1 is 0.881 bits per heavy atom. The summed E-state index contributed by atoms with van der Waals surface area (Å²) in [5.74, 6) is -1.00. The summed E-state index contributed by atoms with van der Waals surface area (Å²) in [5.41, 5.74) is 4.77. The molecule has 1 atom stereocenters. The van der Waals surface area contributed by atoms with Gasteiger partial charge >= 0.3 is 5.97 Å². The highest BCUT2D eigenvalue weighted by molar-refractivity contribution is 7.98. The summed E-state index contributed by atoms with van der Waals surface area (Å²) in [4.78, 5) is 25.5. The fourth-order valence-corrected chi connectivity index (χ4v) is 6.55. The van der Waals surface area contributed by atoms with Gasteiger partial charge in [0.15, 0.2) is 0 Å². The van der Waals surface area contributed by atoms with Gasteiger partial charge in [0, 0.05) is 5.56 Å². The third-order valence-electron chi connectivity index (χ3n) is 6.96. The summed E-state index contributed by atoms with van der Waals surface area (Å²) >= 11 is 1.51. The SMILES string of the molecule is CSCC[C@H](NC(=O)c1ccc(CN(c2ccccc2)S(=O)(=O)c2ccc(C)cc2)cc1-c1ccccc1C)C(=O)O. The number of rotatable bonds is 12. The monoisotopic (exact) mass is 602 g/mol. The molecule has 0 bridgehead atoms. The molecule has 0 aliphatic carbocycles. The molecule has 7 nitrogen and oxygen atoms in total. The first-order valence-corrected chi connectivity index (χ1v) is 16.3. The van der Waals surface area contributed by atoms with Crippen molar-refractivity contribution in [3.63, 3.8) is 0 Å². The van der Waals surface area contributed by atoms with Gasteiger partial charge in [-0.15, -0.1) is 0 Å². The van der Waals surface area contributed by atoms with Crippen LogP contribution in [-0.4, -0.2) is 43.5 Å². The molecule has 4 rings (SSSR count). The van der Waals surface area contributed by atoms with E-state index in [1.54, 1.807) is 60.7 Å². The molecule has 9 heteroatoms. The molecule has 0 saturated carbocycles. The second-order valence-corrected chi connectivity index (χ2v) is 12.8. The number of carboxylic acid groups (broad SMARTS) is 1. The molecular weight excluding hydrogens is 569 g/mol. The number of para-hydroxylation sites is 1. The number of nitrogens with zero attached hydrogens (tertiary/aromatic N) is 1. The molecule has 0 heterocycles. The van der Waals surface area contributed by atoms with Crippen LogP contribution in [0, 0.1) is 13.8 Å². The topological polar surface area (TPSA) is 104 Å². The predicted octanol–water partition coefficient (Wildman–Crippen LogP) is 6.30. The van der Waals surface area contributed by atoms with Gasteiger partial charge in [0.1, 0.15) is 6.04 Å². The Morgan fingerprint density at radius 3 is 2.19 bits per heavy atom. The Bertz CT molecular complexity index is 1660. The first-order valence-electron chi connectivity index (χ1n) is 13.5. The average molecular weight is 603 g/mol. The van der Waals surface area contributed by atoms with E-state index in [-0.39, 0.29) is 11.4 Å². The maximum absolute atomic E-state index is 13.9. The van der Waals surface area contributed by atoms with Crippen molar-refractivity contribution in [2.75, 3.05) is 16.3 Å². The van der Waals surface area contributed by atoms with Crippen molar-refractivity contribution < 1.29 is 23.1 Å². The lowest BCUT2D eigenvalue weighted by atomic mass is 9.93. The summed E-state index contributed by atoms with van der Waals surface area (Å²) in [6.45, 7) is 3.85. The van der Waals surface area contributed by atoms with E-state index < -0.39 is 27.9 Å². The summed E-state index contributed by atoms with van der Waals surface area (Å²) in [7, 11) is -3.93. The first kappa shape index (κ1) is 30.9. The molecule has 218 valence electrons. The Balaban J connectivity index is 1.78. The fourth-order valence-electron chi connectivity index (χ4n) is 4.63. The molecule has 0 aliphatic rings. The number of thioether (sulfide) groups is 1. The number of sulfonamides is 1. The van der Waals surface area contributed by atoms with Gasteiger partial charge in [-0.3, -0.25) is 9.10 Å². The number of hydrogen-bond acceptors (Lipinski definition) is 5. The number of aliphatic carboxylic acids is 1. The van der Waals surface area contributed by atoms with E-state index in [1.807, 2.05) is 56.5 Å². The van der Waals surface area contributed by atoms with E-state index in [0.717, 1.165) is 16.7 Å². The van der Waals surface area contributed by atoms with Crippen molar-refractivity contribution in [3.05, 3.63) is 119 Å². The molecule has 0 fully saturated rings. The number of hydrogen-bond donors (Lipinski definition) is 2. The van der Waals surface area contributed by atoms with Crippen LogP contribution in [0.15, 0.2) is 102 Å². The lowest BCUT2D eigenvalue weighted by Crippen LogP contribution is -2.41. The lowest BCUT2D eigenvalue weighted by molar-refractivity contribution is -0.139. The molecule has 4 aromatic carbocycles. The number of aryl methyl sites for hydroxylation is 2. The number of anilines is 1. The number of amides is 1. The second kappa shape index (κ2) is 13.7. The van der Waals surface area contributed by atoms with Crippen LogP contribution in [0.3, 0.4) is 0 Å². The molecule has 1 amide bonds. The normalized spacial score (nSPS) is 12.0. The Kier molecular flexibility index (Phi) is 10.1.